The van der Waals surface area contributed by atoms with Crippen LogP contribution in [-0.4, -0.2) is 36.4 Å². The average Bonchev–Trinajstić information content (AvgIpc) is 2.72. The summed E-state index contributed by atoms with van der Waals surface area (Å²) in [7, 11) is 1.48. The van der Waals surface area contributed by atoms with Crippen molar-refractivity contribution in [2.24, 2.45) is 0 Å². The van der Waals surface area contributed by atoms with E-state index in [2.05, 4.69) is 15.5 Å². The molecule has 2 aromatic carbocycles. The first kappa shape index (κ1) is 19.6. The number of carbonyl (C=O) groups excluding carboxylic acids is 1. The summed E-state index contributed by atoms with van der Waals surface area (Å²) < 4.78 is 23.6. The van der Waals surface area contributed by atoms with Gasteiger partial charge >= 0.3 is 0 Å². The summed E-state index contributed by atoms with van der Waals surface area (Å²) in [6, 6.07) is 14.2. The summed E-state index contributed by atoms with van der Waals surface area (Å²) in [6.07, 6.45) is 0. The largest absolute Gasteiger partial charge is 0.496 e. The molecule has 144 valence electrons. The van der Waals surface area contributed by atoms with Gasteiger partial charge in [-0.15, -0.1) is 10.2 Å². The Kier molecular flexibility index (Phi) is 6.39. The molecule has 1 amide bonds. The number of halogens is 2. The molecule has 1 aromatic heterocycles. The minimum Gasteiger partial charge on any atom is -0.496 e. The lowest BCUT2D eigenvalue weighted by Crippen LogP contribution is -2.28. The van der Waals surface area contributed by atoms with Gasteiger partial charge in [0.15, 0.2) is 0 Å². The second-order valence-corrected chi connectivity index (χ2v) is 6.15. The number of aromatic nitrogens is 2. The zero-order valence-electron chi connectivity index (χ0n) is 15.0. The van der Waals surface area contributed by atoms with Crippen molar-refractivity contribution in [2.75, 3.05) is 20.3 Å². The molecular formula is C20H17ClFN3O3. The predicted octanol–water partition coefficient (Wildman–Crippen LogP) is 3.75. The van der Waals surface area contributed by atoms with Gasteiger partial charge in [-0.1, -0.05) is 11.6 Å². The van der Waals surface area contributed by atoms with Crippen molar-refractivity contribution in [1.82, 2.24) is 15.5 Å². The molecule has 0 saturated heterocycles. The van der Waals surface area contributed by atoms with Gasteiger partial charge in [-0.25, -0.2) is 4.39 Å². The molecule has 0 spiro atoms. The van der Waals surface area contributed by atoms with Crippen molar-refractivity contribution < 1.29 is 18.7 Å². The topological polar surface area (TPSA) is 73.3 Å². The molecule has 0 fully saturated rings. The number of benzene rings is 2. The first-order chi connectivity index (χ1) is 13.6. The number of amides is 1. The Morgan fingerprint density at radius 1 is 1.11 bits per heavy atom. The lowest BCUT2D eigenvalue weighted by Gasteiger charge is -2.10. The van der Waals surface area contributed by atoms with Crippen LogP contribution in [0.4, 0.5) is 4.39 Å². The third-order valence-corrected chi connectivity index (χ3v) is 4.06. The highest BCUT2D eigenvalue weighted by atomic mass is 35.5. The first-order valence-electron chi connectivity index (χ1n) is 8.41. The van der Waals surface area contributed by atoms with E-state index in [4.69, 9.17) is 21.1 Å². The summed E-state index contributed by atoms with van der Waals surface area (Å²) in [6.45, 7) is 0.467. The predicted molar refractivity (Wildman–Crippen MR) is 103 cm³/mol. The Bertz CT molecular complexity index is 950. The second kappa shape index (κ2) is 9.14. The normalized spacial score (nSPS) is 10.4. The number of hydrogen-bond donors (Lipinski definition) is 1. The molecule has 0 radical (unpaired) electrons. The maximum atomic E-state index is 13.0. The van der Waals surface area contributed by atoms with E-state index in [1.165, 1.54) is 25.3 Å². The van der Waals surface area contributed by atoms with Crippen molar-refractivity contribution in [3.8, 4) is 22.9 Å². The number of methoxy groups -OCH3 is 1. The maximum absolute atomic E-state index is 13.0. The van der Waals surface area contributed by atoms with Gasteiger partial charge in [-0.2, -0.15) is 0 Å². The van der Waals surface area contributed by atoms with E-state index >= 15 is 0 Å². The van der Waals surface area contributed by atoms with E-state index in [0.29, 0.717) is 27.9 Å². The minimum atomic E-state index is -0.319. The summed E-state index contributed by atoms with van der Waals surface area (Å²) in [5, 5.41) is 11.2. The summed E-state index contributed by atoms with van der Waals surface area (Å²) in [4.78, 5) is 12.3. The molecule has 28 heavy (non-hydrogen) atoms. The van der Waals surface area contributed by atoms with Crippen molar-refractivity contribution in [3.05, 3.63) is 71.0 Å². The van der Waals surface area contributed by atoms with Crippen LogP contribution in [0.3, 0.4) is 0 Å². The van der Waals surface area contributed by atoms with E-state index < -0.39 is 0 Å². The fourth-order valence-electron chi connectivity index (χ4n) is 2.44. The fourth-order valence-corrected chi connectivity index (χ4v) is 2.62. The van der Waals surface area contributed by atoms with Crippen LogP contribution in [0.15, 0.2) is 54.6 Å². The molecule has 8 heteroatoms. The second-order valence-electron chi connectivity index (χ2n) is 5.71. The zero-order valence-corrected chi connectivity index (χ0v) is 15.7. The molecule has 6 nitrogen and oxygen atoms in total. The van der Waals surface area contributed by atoms with Crippen LogP contribution in [0.1, 0.15) is 10.4 Å². The molecule has 0 atom stereocenters. The Labute approximate surface area is 166 Å². The van der Waals surface area contributed by atoms with Gasteiger partial charge in [0.2, 0.25) is 5.88 Å². The molecule has 0 unspecified atom stereocenters. The van der Waals surface area contributed by atoms with Gasteiger partial charge in [0.1, 0.15) is 18.2 Å². The van der Waals surface area contributed by atoms with E-state index in [1.807, 2.05) is 0 Å². The van der Waals surface area contributed by atoms with Gasteiger partial charge in [-0.05, 0) is 48.5 Å². The quantitative estimate of drug-likeness (QED) is 0.610. The van der Waals surface area contributed by atoms with Gasteiger partial charge in [0.05, 0.1) is 24.9 Å². The van der Waals surface area contributed by atoms with Crippen molar-refractivity contribution >= 4 is 17.5 Å². The number of nitrogens with one attached hydrogen (secondary N) is 1. The third kappa shape index (κ3) is 4.95. The standard InChI is InChI=1S/C20H17ClFN3O3/c1-27-18-8-4-14(21)12-16(18)20(26)23-10-11-28-19-9-7-17(24-25-19)13-2-5-15(22)6-3-13/h2-9,12H,10-11H2,1H3,(H,23,26). The fraction of sp³-hybridized carbons (Fsp3) is 0.150. The van der Waals surface area contributed by atoms with Crippen LogP contribution < -0.4 is 14.8 Å². The number of hydrogen-bond acceptors (Lipinski definition) is 5. The van der Waals surface area contributed by atoms with E-state index in [-0.39, 0.29) is 24.9 Å². The Morgan fingerprint density at radius 3 is 2.57 bits per heavy atom. The summed E-state index contributed by atoms with van der Waals surface area (Å²) in [5.41, 5.74) is 1.70. The van der Waals surface area contributed by atoms with Crippen LogP contribution in [-0.2, 0) is 0 Å². The number of ether oxygens (including phenoxy) is 2. The SMILES string of the molecule is COc1ccc(Cl)cc1C(=O)NCCOc1ccc(-c2ccc(F)cc2)nn1. The summed E-state index contributed by atoms with van der Waals surface area (Å²) >= 11 is 5.93. The smallest absolute Gasteiger partial charge is 0.255 e. The van der Waals surface area contributed by atoms with Gasteiger partial charge < -0.3 is 14.8 Å². The molecule has 1 heterocycles. The summed E-state index contributed by atoms with van der Waals surface area (Å²) in [5.74, 6) is 0.125. The molecule has 0 aliphatic heterocycles. The van der Waals surface area contributed by atoms with Crippen molar-refractivity contribution in [3.63, 3.8) is 0 Å². The molecule has 3 aromatic rings. The number of rotatable bonds is 7. The highest BCUT2D eigenvalue weighted by Crippen LogP contribution is 2.22. The minimum absolute atomic E-state index is 0.208. The van der Waals surface area contributed by atoms with Crippen LogP contribution in [0.5, 0.6) is 11.6 Å². The first-order valence-corrected chi connectivity index (χ1v) is 8.79. The van der Waals surface area contributed by atoms with Gasteiger partial charge in [-0.3, -0.25) is 4.79 Å². The zero-order chi connectivity index (χ0) is 19.9. The molecular weight excluding hydrogens is 385 g/mol. The highest BCUT2D eigenvalue weighted by molar-refractivity contribution is 6.31. The monoisotopic (exact) mass is 401 g/mol. The van der Waals surface area contributed by atoms with Gasteiger partial charge in [0, 0.05) is 16.7 Å². The highest BCUT2D eigenvalue weighted by Gasteiger charge is 2.12. The Hall–Kier alpha value is -3.19. The van der Waals surface area contributed by atoms with Crippen LogP contribution in [0.2, 0.25) is 5.02 Å². The number of carbonyl (C=O) groups is 1. The Balaban J connectivity index is 1.51. The third-order valence-electron chi connectivity index (χ3n) is 3.82. The molecule has 0 aliphatic rings. The van der Waals surface area contributed by atoms with Crippen LogP contribution in [0, 0.1) is 5.82 Å². The lowest BCUT2D eigenvalue weighted by atomic mass is 10.1. The van der Waals surface area contributed by atoms with Crippen LogP contribution in [0.25, 0.3) is 11.3 Å². The van der Waals surface area contributed by atoms with Gasteiger partial charge in [0.25, 0.3) is 5.91 Å². The molecule has 0 aliphatic carbocycles. The Morgan fingerprint density at radius 2 is 1.89 bits per heavy atom. The molecule has 0 saturated carbocycles. The van der Waals surface area contributed by atoms with E-state index in [0.717, 1.165) is 5.56 Å². The molecule has 3 rings (SSSR count). The lowest BCUT2D eigenvalue weighted by molar-refractivity contribution is 0.0943. The van der Waals surface area contributed by atoms with Crippen molar-refractivity contribution in [2.45, 2.75) is 0 Å². The average molecular weight is 402 g/mol. The van der Waals surface area contributed by atoms with Crippen LogP contribution >= 0.6 is 11.6 Å². The van der Waals surface area contributed by atoms with E-state index in [9.17, 15) is 9.18 Å². The molecule has 0 bridgehead atoms. The molecule has 1 N–H and O–H groups in total. The van der Waals surface area contributed by atoms with Crippen molar-refractivity contribution in [1.29, 1.82) is 0 Å². The van der Waals surface area contributed by atoms with E-state index in [1.54, 1.807) is 36.4 Å². The maximum Gasteiger partial charge on any atom is 0.255 e. The number of nitrogens with zero attached hydrogens (tertiary/aromatic N) is 2.